The second-order valence-electron chi connectivity index (χ2n) is 6.38. The first-order chi connectivity index (χ1) is 12.7. The summed E-state index contributed by atoms with van der Waals surface area (Å²) in [6, 6.07) is 8.13. The van der Waals surface area contributed by atoms with Crippen LogP contribution in [-0.4, -0.2) is 40.5 Å². The average molecular weight is 367 g/mol. The summed E-state index contributed by atoms with van der Waals surface area (Å²) in [4.78, 5) is 13.6. The number of nitrogens with zero attached hydrogens (tertiary/aromatic N) is 3. The maximum atomic E-state index is 6.06. The molecule has 0 N–H and O–H groups in total. The number of benzene rings is 1. The maximum Gasteiger partial charge on any atom is 0.187 e. The van der Waals surface area contributed by atoms with Gasteiger partial charge in [-0.1, -0.05) is 23.9 Å². The number of aryl methyl sites for hydroxylation is 1. The highest BCUT2D eigenvalue weighted by Crippen LogP contribution is 2.30. The van der Waals surface area contributed by atoms with Crippen molar-refractivity contribution in [1.29, 1.82) is 0 Å². The van der Waals surface area contributed by atoms with Crippen LogP contribution in [0.2, 0.25) is 0 Å². The predicted octanol–water partition coefficient (Wildman–Crippen LogP) is 4.28. The first-order valence-corrected chi connectivity index (χ1v) is 9.98. The molecule has 5 nitrogen and oxygen atoms in total. The zero-order valence-corrected chi connectivity index (χ0v) is 15.8. The van der Waals surface area contributed by atoms with Gasteiger partial charge in [0.25, 0.3) is 0 Å². The molecule has 134 valence electrons. The number of hydrogen-bond acceptors (Lipinski definition) is 6. The fraction of sp³-hybridized carbons (Fsp3) is 0.350. The predicted molar refractivity (Wildman–Crippen MR) is 104 cm³/mol. The highest BCUT2D eigenvalue weighted by Gasteiger charge is 2.17. The Balaban J connectivity index is 1.69. The lowest BCUT2D eigenvalue weighted by molar-refractivity contribution is 0.0684. The third-order valence-electron chi connectivity index (χ3n) is 4.56. The SMILES string of the molecule is CSc1ncc(-c2cc(C)c3cccc(OCC4CCCO4)c3n2)cn1. The van der Waals surface area contributed by atoms with E-state index in [0.29, 0.717) is 6.61 Å². The van der Waals surface area contributed by atoms with Crippen molar-refractivity contribution in [1.82, 2.24) is 15.0 Å². The first-order valence-electron chi connectivity index (χ1n) is 8.76. The lowest BCUT2D eigenvalue weighted by Gasteiger charge is -2.14. The van der Waals surface area contributed by atoms with E-state index in [0.717, 1.165) is 58.1 Å². The van der Waals surface area contributed by atoms with Crippen LogP contribution >= 0.6 is 11.8 Å². The fourth-order valence-corrected chi connectivity index (χ4v) is 3.48. The Bertz CT molecular complexity index is 909. The molecule has 0 amide bonds. The normalized spacial score (nSPS) is 16.9. The Morgan fingerprint density at radius 1 is 1.27 bits per heavy atom. The molecule has 0 aliphatic carbocycles. The molecule has 0 spiro atoms. The second-order valence-corrected chi connectivity index (χ2v) is 7.15. The lowest BCUT2D eigenvalue weighted by Crippen LogP contribution is -2.16. The van der Waals surface area contributed by atoms with E-state index in [1.807, 2.05) is 30.8 Å². The number of rotatable bonds is 5. The van der Waals surface area contributed by atoms with E-state index in [1.54, 1.807) is 0 Å². The molecule has 1 saturated heterocycles. The van der Waals surface area contributed by atoms with Crippen molar-refractivity contribution >= 4 is 22.7 Å². The van der Waals surface area contributed by atoms with Crippen LogP contribution in [0.5, 0.6) is 5.75 Å². The van der Waals surface area contributed by atoms with Gasteiger partial charge >= 0.3 is 0 Å². The summed E-state index contributed by atoms with van der Waals surface area (Å²) in [5, 5.41) is 1.85. The minimum atomic E-state index is 0.182. The summed E-state index contributed by atoms with van der Waals surface area (Å²) in [6.07, 6.45) is 7.95. The number of aromatic nitrogens is 3. The molecule has 6 heteroatoms. The molecule has 3 aromatic rings. The Hall–Kier alpha value is -2.18. The quantitative estimate of drug-likeness (QED) is 0.495. The zero-order chi connectivity index (χ0) is 17.9. The molecule has 1 aromatic carbocycles. The van der Waals surface area contributed by atoms with Gasteiger partial charge in [0, 0.05) is 30.0 Å². The van der Waals surface area contributed by atoms with E-state index in [9.17, 15) is 0 Å². The number of hydrogen-bond donors (Lipinski definition) is 0. The molecule has 0 saturated carbocycles. The molecule has 4 rings (SSSR count). The Morgan fingerprint density at radius 2 is 2.12 bits per heavy atom. The molecular formula is C20H21N3O2S. The van der Waals surface area contributed by atoms with Gasteiger partial charge < -0.3 is 9.47 Å². The highest BCUT2D eigenvalue weighted by molar-refractivity contribution is 7.98. The van der Waals surface area contributed by atoms with Crippen LogP contribution in [0, 0.1) is 6.92 Å². The van der Waals surface area contributed by atoms with Crippen molar-refractivity contribution in [2.75, 3.05) is 19.5 Å². The summed E-state index contributed by atoms with van der Waals surface area (Å²) in [7, 11) is 0. The van der Waals surface area contributed by atoms with Gasteiger partial charge in [-0.3, -0.25) is 0 Å². The molecule has 2 aromatic heterocycles. The summed E-state index contributed by atoms with van der Waals surface area (Å²) in [5.74, 6) is 0.796. The second kappa shape index (κ2) is 7.60. The van der Waals surface area contributed by atoms with Crippen LogP contribution in [0.1, 0.15) is 18.4 Å². The lowest BCUT2D eigenvalue weighted by atomic mass is 10.1. The Labute approximate surface area is 157 Å². The molecule has 1 atom stereocenters. The topological polar surface area (TPSA) is 57.1 Å². The third kappa shape index (κ3) is 3.52. The Morgan fingerprint density at radius 3 is 2.85 bits per heavy atom. The van der Waals surface area contributed by atoms with Gasteiger partial charge in [-0.05, 0) is 43.7 Å². The van der Waals surface area contributed by atoms with Gasteiger partial charge in [-0.25, -0.2) is 15.0 Å². The van der Waals surface area contributed by atoms with Gasteiger partial charge in [0.05, 0.1) is 11.8 Å². The van der Waals surface area contributed by atoms with Crippen molar-refractivity contribution in [3.8, 4) is 17.0 Å². The van der Waals surface area contributed by atoms with Crippen molar-refractivity contribution in [3.63, 3.8) is 0 Å². The van der Waals surface area contributed by atoms with Crippen LogP contribution in [0.15, 0.2) is 41.8 Å². The van der Waals surface area contributed by atoms with E-state index in [1.165, 1.54) is 11.8 Å². The number of para-hydroxylation sites is 1. The molecule has 0 radical (unpaired) electrons. The van der Waals surface area contributed by atoms with Gasteiger partial charge in [0.2, 0.25) is 0 Å². The first kappa shape index (κ1) is 17.2. The van der Waals surface area contributed by atoms with E-state index in [4.69, 9.17) is 14.5 Å². The van der Waals surface area contributed by atoms with Crippen molar-refractivity contribution in [2.24, 2.45) is 0 Å². The molecule has 0 bridgehead atoms. The van der Waals surface area contributed by atoms with Gasteiger partial charge in [0.15, 0.2) is 5.16 Å². The number of ether oxygens (including phenoxy) is 2. The summed E-state index contributed by atoms with van der Waals surface area (Å²) in [6.45, 7) is 3.49. The van der Waals surface area contributed by atoms with Crippen LogP contribution in [-0.2, 0) is 4.74 Å². The number of fused-ring (bicyclic) bond motifs is 1. The zero-order valence-electron chi connectivity index (χ0n) is 14.9. The van der Waals surface area contributed by atoms with E-state index >= 15 is 0 Å². The molecule has 1 unspecified atom stereocenters. The number of pyridine rings is 1. The number of thioether (sulfide) groups is 1. The monoisotopic (exact) mass is 367 g/mol. The molecule has 26 heavy (non-hydrogen) atoms. The Kier molecular flexibility index (Phi) is 5.04. The summed E-state index contributed by atoms with van der Waals surface area (Å²) in [5.41, 5.74) is 3.79. The minimum absolute atomic E-state index is 0.182. The van der Waals surface area contributed by atoms with Crippen LogP contribution in [0.4, 0.5) is 0 Å². The van der Waals surface area contributed by atoms with Crippen LogP contribution < -0.4 is 4.74 Å². The van der Waals surface area contributed by atoms with E-state index < -0.39 is 0 Å². The molecule has 1 fully saturated rings. The van der Waals surface area contributed by atoms with Crippen molar-refractivity contribution in [2.45, 2.75) is 31.0 Å². The highest BCUT2D eigenvalue weighted by atomic mass is 32.2. The van der Waals surface area contributed by atoms with Crippen LogP contribution in [0.3, 0.4) is 0 Å². The van der Waals surface area contributed by atoms with Crippen molar-refractivity contribution in [3.05, 3.63) is 42.2 Å². The minimum Gasteiger partial charge on any atom is -0.489 e. The molecule has 1 aliphatic heterocycles. The standard InChI is InChI=1S/C20H21N3O2S/c1-13-9-17(14-10-21-20(26-2)22-11-14)23-19-16(13)6-3-7-18(19)25-12-15-5-4-8-24-15/h3,6-7,9-11,15H,4-5,8,12H2,1-2H3. The van der Waals surface area contributed by atoms with Gasteiger partial charge in [-0.15, -0.1) is 0 Å². The smallest absolute Gasteiger partial charge is 0.187 e. The molecule has 3 heterocycles. The summed E-state index contributed by atoms with van der Waals surface area (Å²) < 4.78 is 11.7. The fourth-order valence-electron chi connectivity index (χ4n) is 3.17. The maximum absolute atomic E-state index is 6.06. The average Bonchev–Trinajstić information content (AvgIpc) is 3.20. The molecular weight excluding hydrogens is 346 g/mol. The van der Waals surface area contributed by atoms with Crippen molar-refractivity contribution < 1.29 is 9.47 Å². The van der Waals surface area contributed by atoms with E-state index in [-0.39, 0.29) is 6.10 Å². The summed E-state index contributed by atoms with van der Waals surface area (Å²) >= 11 is 1.52. The van der Waals surface area contributed by atoms with Crippen LogP contribution in [0.25, 0.3) is 22.2 Å². The van der Waals surface area contributed by atoms with Gasteiger partial charge in [0.1, 0.15) is 17.9 Å². The molecule has 1 aliphatic rings. The largest absolute Gasteiger partial charge is 0.489 e. The van der Waals surface area contributed by atoms with E-state index in [2.05, 4.69) is 29.0 Å². The third-order valence-corrected chi connectivity index (χ3v) is 5.14. The van der Waals surface area contributed by atoms with Gasteiger partial charge in [-0.2, -0.15) is 0 Å².